The van der Waals surface area contributed by atoms with Gasteiger partial charge in [0.15, 0.2) is 20.3 Å². The number of hydrazone groups is 1. The van der Waals surface area contributed by atoms with E-state index >= 15 is 0 Å². The molecule has 0 radical (unpaired) electrons. The van der Waals surface area contributed by atoms with Crippen molar-refractivity contribution in [2.45, 2.75) is 38.3 Å². The van der Waals surface area contributed by atoms with E-state index in [9.17, 15) is 4.57 Å². The van der Waals surface area contributed by atoms with E-state index in [2.05, 4.69) is 17.3 Å². The van der Waals surface area contributed by atoms with Gasteiger partial charge in [-0.2, -0.15) is 0 Å². The molecule has 3 unspecified atom stereocenters. The number of hydrogen-bond donors (Lipinski definition) is 1. The van der Waals surface area contributed by atoms with Crippen molar-refractivity contribution in [1.82, 2.24) is 10.1 Å². The Kier molecular flexibility index (Phi) is 9.98. The summed E-state index contributed by atoms with van der Waals surface area (Å²) in [6, 6.07) is 15.4. The summed E-state index contributed by atoms with van der Waals surface area (Å²) >= 11 is 5.85. The maximum atomic E-state index is 11.2. The van der Waals surface area contributed by atoms with Crippen LogP contribution in [0.1, 0.15) is 44.1 Å². The van der Waals surface area contributed by atoms with Crippen molar-refractivity contribution < 1.29 is 14.0 Å². The fourth-order valence-electron chi connectivity index (χ4n) is 2.82. The van der Waals surface area contributed by atoms with Crippen LogP contribution in [0.4, 0.5) is 0 Å². The molecular weight excluding hydrogens is 448 g/mol. The number of nitrogens with one attached hydrogen (secondary N) is 1. The number of rotatable bonds is 12. The molecule has 0 aromatic heterocycles. The Hall–Kier alpha value is -1.91. The third-order valence-corrected chi connectivity index (χ3v) is 9.28. The first-order valence-electron chi connectivity index (χ1n) is 10.1. The van der Waals surface area contributed by atoms with Gasteiger partial charge in [0.2, 0.25) is 0 Å². The molecule has 0 amide bonds. The first-order chi connectivity index (χ1) is 14.9. The van der Waals surface area contributed by atoms with E-state index in [1.165, 1.54) is 0 Å². The van der Waals surface area contributed by atoms with Crippen molar-refractivity contribution in [3.8, 4) is 11.5 Å². The molecule has 0 aliphatic carbocycles. The second-order valence-electron chi connectivity index (χ2n) is 7.01. The van der Waals surface area contributed by atoms with Crippen molar-refractivity contribution in [3.63, 3.8) is 0 Å². The van der Waals surface area contributed by atoms with Crippen LogP contribution >= 0.6 is 15.3 Å². The maximum Gasteiger partial charge on any atom is 0.358 e. The quantitative estimate of drug-likeness (QED) is 0.232. The smallest absolute Gasteiger partial charge is 0.358 e. The molecule has 0 aliphatic rings. The topological polar surface area (TPSA) is 63.2 Å². The predicted octanol–water partition coefficient (Wildman–Crippen LogP) is 5.92. The van der Waals surface area contributed by atoms with Gasteiger partial charge in [0.05, 0.1) is 19.9 Å². The highest BCUT2D eigenvalue weighted by Gasteiger charge is 2.45. The van der Waals surface area contributed by atoms with Crippen molar-refractivity contribution in [2.75, 3.05) is 20.7 Å². The van der Waals surface area contributed by atoms with Gasteiger partial charge >= 0.3 is 6.85 Å². The zero-order valence-electron chi connectivity index (χ0n) is 18.6. The van der Waals surface area contributed by atoms with E-state index in [1.54, 1.807) is 13.3 Å². The lowest BCUT2D eigenvalue weighted by molar-refractivity contribution is 0.171. The van der Waals surface area contributed by atoms with E-state index in [0.29, 0.717) is 6.61 Å². The maximum absolute atomic E-state index is 11.2. The molecule has 2 rings (SSSR count). The summed E-state index contributed by atoms with van der Waals surface area (Å²) in [6.45, 7) is 5.55. The zero-order valence-corrected chi connectivity index (χ0v) is 21.2. The van der Waals surface area contributed by atoms with Crippen LogP contribution in [0.15, 0.2) is 53.6 Å². The fourth-order valence-corrected chi connectivity index (χ4v) is 5.06. The number of benzene rings is 2. The van der Waals surface area contributed by atoms with E-state index in [-0.39, 0.29) is 14.2 Å². The molecule has 6 nitrogen and oxygen atoms in total. The van der Waals surface area contributed by atoms with Gasteiger partial charge in [0.1, 0.15) is 17.3 Å². The molecule has 0 bridgehead atoms. The van der Waals surface area contributed by atoms with Crippen LogP contribution in [-0.4, -0.2) is 37.0 Å². The molecule has 1 N–H and O–H groups in total. The van der Waals surface area contributed by atoms with Gasteiger partial charge < -0.3 is 14.8 Å². The van der Waals surface area contributed by atoms with E-state index in [0.717, 1.165) is 29.0 Å². The van der Waals surface area contributed by atoms with E-state index in [4.69, 9.17) is 21.3 Å². The highest BCUT2D eigenvalue weighted by molar-refractivity contribution is 8.04. The van der Waals surface area contributed by atoms with Gasteiger partial charge in [0.25, 0.3) is 5.34 Å². The Morgan fingerprint density at radius 1 is 1.19 bits per heavy atom. The molecule has 2 aromatic rings. The normalized spacial score (nSPS) is 14.8. The minimum absolute atomic E-state index is 0.0322. The molecule has 0 aliphatic heterocycles. The minimum Gasteiger partial charge on any atom is -0.494 e. The molecule has 9 heteroatoms. The lowest BCUT2D eigenvalue weighted by Crippen LogP contribution is -2.30. The van der Waals surface area contributed by atoms with Crippen molar-refractivity contribution in [2.24, 2.45) is 5.10 Å². The van der Waals surface area contributed by atoms with Crippen LogP contribution in [0.2, 0.25) is 0 Å². The molecule has 3 atom stereocenters. The highest BCUT2D eigenvalue weighted by Crippen LogP contribution is 2.45. The van der Waals surface area contributed by atoms with Crippen molar-refractivity contribution in [3.05, 3.63) is 59.7 Å². The highest BCUT2D eigenvalue weighted by atomic mass is 32.4. The van der Waals surface area contributed by atoms with Gasteiger partial charge in [-0.1, -0.05) is 19.1 Å². The Morgan fingerprint density at radius 3 is 2.32 bits per heavy atom. The Balaban J connectivity index is 2.08. The number of ether oxygens (including phenoxy) is 2. The van der Waals surface area contributed by atoms with Crippen molar-refractivity contribution >= 4 is 33.3 Å². The van der Waals surface area contributed by atoms with E-state index in [1.807, 2.05) is 74.2 Å². The molecular formula is C22H30N3O3P2S+. The molecule has 0 saturated carbocycles. The first-order valence-corrected chi connectivity index (χ1v) is 13.3. The van der Waals surface area contributed by atoms with Crippen LogP contribution in [-0.2, 0) is 16.4 Å². The summed E-state index contributed by atoms with van der Waals surface area (Å²) < 4.78 is 24.8. The van der Waals surface area contributed by atoms with Crippen LogP contribution < -0.4 is 14.8 Å². The van der Waals surface area contributed by atoms with E-state index < -0.39 is 12.2 Å². The molecule has 0 heterocycles. The lowest BCUT2D eigenvalue weighted by atomic mass is 10.2. The van der Waals surface area contributed by atoms with Crippen molar-refractivity contribution in [1.29, 1.82) is 0 Å². The minimum atomic E-state index is -1.14. The zero-order chi connectivity index (χ0) is 22.9. The molecule has 0 saturated heterocycles. The monoisotopic (exact) mass is 478 g/mol. The summed E-state index contributed by atoms with van der Waals surface area (Å²) in [5.74, 6) is 1.34. The third kappa shape index (κ3) is 7.05. The third-order valence-electron chi connectivity index (χ3n) is 4.80. The van der Waals surface area contributed by atoms with Gasteiger partial charge in [-0.05, 0) is 61.5 Å². The molecule has 0 fully saturated rings. The Morgan fingerprint density at radius 2 is 1.81 bits per heavy atom. The second kappa shape index (κ2) is 12.2. The predicted molar refractivity (Wildman–Crippen MR) is 132 cm³/mol. The summed E-state index contributed by atoms with van der Waals surface area (Å²) in [5.41, 5.74) is 1.91. The van der Waals surface area contributed by atoms with Crippen LogP contribution in [0, 0.1) is 0 Å². The van der Waals surface area contributed by atoms with Crippen LogP contribution in [0.3, 0.4) is 0 Å². The average molecular weight is 479 g/mol. The van der Waals surface area contributed by atoms with Gasteiger partial charge in [-0.3, -0.25) is 4.57 Å². The summed E-state index contributed by atoms with van der Waals surface area (Å²) in [6.07, 6.45) is 2.54. The number of hydrogen-bond acceptors (Lipinski definition) is 6. The van der Waals surface area contributed by atoms with Crippen LogP contribution in [0.25, 0.3) is 0 Å². The Labute approximate surface area is 192 Å². The van der Waals surface area contributed by atoms with Gasteiger partial charge in [0, 0.05) is 13.3 Å². The largest absolute Gasteiger partial charge is 0.494 e. The SMILES string of the molecule is CCOc1ccc(/C=N/N(C)[P+](=S)C(C)(CC)Oc2ccc(C(NC)P=O)cc2)cc1. The fraction of sp³-hybridized carbons (Fsp3) is 0.409. The van der Waals surface area contributed by atoms with Gasteiger partial charge in [-0.25, -0.2) is 0 Å². The standard InChI is InChI=1S/C22H30N3O3P2S/c1-6-22(3,28-20-14-10-18(11-15-20)21(23-4)29-26)30(31)25(5)24-16-17-8-12-19(13-9-17)27-7-2/h8-16,21,23H,6-7H2,1-5H3/q+1/b24-16+. The molecule has 31 heavy (non-hydrogen) atoms. The number of nitrogens with zero attached hydrogens (tertiary/aromatic N) is 2. The Bertz CT molecular complexity index is 894. The summed E-state index contributed by atoms with van der Waals surface area (Å²) in [5, 5.41) is 7.00. The first kappa shape index (κ1) is 25.4. The second-order valence-corrected chi connectivity index (χ2v) is 10.8. The summed E-state index contributed by atoms with van der Waals surface area (Å²) in [4.78, 5) is 0. The molecule has 2 aromatic carbocycles. The summed E-state index contributed by atoms with van der Waals surface area (Å²) in [7, 11) is 3.70. The molecule has 0 spiro atoms. The molecule has 166 valence electrons. The van der Waals surface area contributed by atoms with Gasteiger partial charge in [-0.15, -0.1) is 9.88 Å². The average Bonchev–Trinajstić information content (AvgIpc) is 2.80. The van der Waals surface area contributed by atoms with Crippen LogP contribution in [0.5, 0.6) is 11.5 Å². The lowest BCUT2D eigenvalue weighted by Gasteiger charge is -2.23.